The molecule has 0 spiro atoms. The van der Waals surface area contributed by atoms with E-state index in [9.17, 15) is 14.4 Å². The molecule has 0 aliphatic carbocycles. The molecule has 26 heavy (non-hydrogen) atoms. The van der Waals surface area contributed by atoms with Gasteiger partial charge in [-0.05, 0) is 51.3 Å². The van der Waals surface area contributed by atoms with Crippen LogP contribution in [0.4, 0.5) is 0 Å². The summed E-state index contributed by atoms with van der Waals surface area (Å²) in [5, 5.41) is 0. The van der Waals surface area contributed by atoms with Gasteiger partial charge in [0.15, 0.2) is 6.61 Å². The second kappa shape index (κ2) is 8.31. The molecule has 0 saturated carbocycles. The minimum absolute atomic E-state index is 0.254. The number of carbonyl (C=O) groups excluding carboxylic acids is 3. The molecule has 0 fully saturated rings. The van der Waals surface area contributed by atoms with Gasteiger partial charge in [-0.1, -0.05) is 6.92 Å². The van der Waals surface area contributed by atoms with E-state index in [1.807, 2.05) is 13.8 Å². The molecule has 0 aromatic carbocycles. The predicted octanol–water partition coefficient (Wildman–Crippen LogP) is 3.78. The van der Waals surface area contributed by atoms with Crippen LogP contribution in [0.15, 0.2) is 6.07 Å². The molecule has 2 aromatic heterocycles. The molecule has 0 aliphatic heterocycles. The van der Waals surface area contributed by atoms with E-state index in [2.05, 4.69) is 4.98 Å². The second-order valence-electron chi connectivity index (χ2n) is 5.92. The van der Waals surface area contributed by atoms with Gasteiger partial charge in [-0.2, -0.15) is 0 Å². The number of ketones is 1. The molecular weight excluding hydrogens is 354 g/mol. The maximum Gasteiger partial charge on any atom is 0.348 e. The number of aromatic amines is 1. The Hall–Kier alpha value is -2.41. The van der Waals surface area contributed by atoms with Crippen LogP contribution >= 0.6 is 11.3 Å². The quantitative estimate of drug-likeness (QED) is 0.586. The lowest BCUT2D eigenvalue weighted by atomic mass is 10.1. The first kappa shape index (κ1) is 19.9. The molecule has 0 atom stereocenters. The highest BCUT2D eigenvalue weighted by Crippen LogP contribution is 2.23. The Morgan fingerprint density at radius 2 is 1.77 bits per heavy atom. The normalized spacial score (nSPS) is 10.7. The molecule has 140 valence electrons. The number of H-pyrrole nitrogens is 1. The summed E-state index contributed by atoms with van der Waals surface area (Å²) in [5.74, 6) is -1.38. The van der Waals surface area contributed by atoms with E-state index < -0.39 is 17.7 Å². The van der Waals surface area contributed by atoms with Gasteiger partial charge in [0, 0.05) is 10.6 Å². The van der Waals surface area contributed by atoms with Crippen molar-refractivity contribution in [2.75, 3.05) is 13.2 Å². The van der Waals surface area contributed by atoms with Crippen LogP contribution in [-0.4, -0.2) is 35.9 Å². The van der Waals surface area contributed by atoms with Gasteiger partial charge in [0.2, 0.25) is 5.78 Å². The van der Waals surface area contributed by atoms with E-state index >= 15 is 0 Å². The predicted molar refractivity (Wildman–Crippen MR) is 99.3 cm³/mol. The zero-order chi connectivity index (χ0) is 19.4. The molecule has 7 heteroatoms. The van der Waals surface area contributed by atoms with E-state index in [4.69, 9.17) is 9.47 Å². The first-order valence-corrected chi connectivity index (χ1v) is 9.27. The van der Waals surface area contributed by atoms with Crippen molar-refractivity contribution in [2.24, 2.45) is 0 Å². The number of Topliss-reactive ketones (excluding diaryl/α,β-unsaturated/α-hetero) is 1. The van der Waals surface area contributed by atoms with Gasteiger partial charge in [0.25, 0.3) is 0 Å². The van der Waals surface area contributed by atoms with Crippen molar-refractivity contribution in [1.29, 1.82) is 0 Å². The molecule has 0 aliphatic rings. The van der Waals surface area contributed by atoms with Crippen molar-refractivity contribution in [2.45, 2.75) is 41.0 Å². The Balaban J connectivity index is 2.09. The van der Waals surface area contributed by atoms with Crippen LogP contribution in [0.3, 0.4) is 0 Å². The summed E-state index contributed by atoms with van der Waals surface area (Å²) >= 11 is 1.38. The third-order valence-corrected chi connectivity index (χ3v) is 5.43. The van der Waals surface area contributed by atoms with Crippen LogP contribution in [-0.2, 0) is 15.9 Å². The van der Waals surface area contributed by atoms with Crippen molar-refractivity contribution in [3.63, 3.8) is 0 Å². The lowest BCUT2D eigenvalue weighted by molar-refractivity contribution is 0.0477. The molecule has 2 rings (SSSR count). The number of nitrogens with one attached hydrogen (secondary N) is 1. The number of hydrogen-bond acceptors (Lipinski definition) is 6. The standard InChI is InChI=1S/C19H23NO5S/c1-6-14-10(3)8-15(26-14)18(22)25-9-13(21)17-11(4)16(12(5)20-17)19(23)24-7-2/h8,20H,6-7,9H2,1-5H3. The minimum Gasteiger partial charge on any atom is -0.462 e. The molecule has 0 bridgehead atoms. The van der Waals surface area contributed by atoms with Crippen LogP contribution in [0.2, 0.25) is 0 Å². The molecule has 6 nitrogen and oxygen atoms in total. The summed E-state index contributed by atoms with van der Waals surface area (Å²) in [7, 11) is 0. The summed E-state index contributed by atoms with van der Waals surface area (Å²) in [5.41, 5.74) is 2.71. The van der Waals surface area contributed by atoms with Crippen LogP contribution < -0.4 is 0 Å². The van der Waals surface area contributed by atoms with Crippen LogP contribution in [0, 0.1) is 20.8 Å². The smallest absolute Gasteiger partial charge is 0.348 e. The van der Waals surface area contributed by atoms with Crippen LogP contribution in [0.1, 0.15) is 66.1 Å². The van der Waals surface area contributed by atoms with Gasteiger partial charge < -0.3 is 14.5 Å². The first-order valence-electron chi connectivity index (χ1n) is 8.45. The van der Waals surface area contributed by atoms with Gasteiger partial charge in [-0.3, -0.25) is 4.79 Å². The largest absolute Gasteiger partial charge is 0.462 e. The second-order valence-corrected chi connectivity index (χ2v) is 7.05. The molecule has 2 aromatic rings. The van der Waals surface area contributed by atoms with Crippen molar-refractivity contribution in [3.8, 4) is 0 Å². The number of rotatable bonds is 7. The lowest BCUT2D eigenvalue weighted by Crippen LogP contribution is -2.15. The van der Waals surface area contributed by atoms with Crippen molar-refractivity contribution < 1.29 is 23.9 Å². The summed E-state index contributed by atoms with van der Waals surface area (Å²) < 4.78 is 10.2. The van der Waals surface area contributed by atoms with Gasteiger partial charge in [-0.25, -0.2) is 9.59 Å². The number of carbonyl (C=O) groups is 3. The van der Waals surface area contributed by atoms with Crippen LogP contribution in [0.5, 0.6) is 0 Å². The first-order chi connectivity index (χ1) is 12.3. The van der Waals surface area contributed by atoms with Gasteiger partial charge >= 0.3 is 11.9 Å². The maximum absolute atomic E-state index is 12.4. The van der Waals surface area contributed by atoms with Crippen molar-refractivity contribution >= 4 is 29.1 Å². The third kappa shape index (κ3) is 4.04. The number of aromatic nitrogens is 1. The summed E-state index contributed by atoms with van der Waals surface area (Å²) in [6, 6.07) is 1.78. The van der Waals surface area contributed by atoms with E-state index in [0.717, 1.165) is 16.9 Å². The molecule has 2 heterocycles. The molecule has 1 N–H and O–H groups in total. The van der Waals surface area contributed by atoms with E-state index in [1.54, 1.807) is 26.8 Å². The Morgan fingerprint density at radius 1 is 1.08 bits per heavy atom. The fourth-order valence-corrected chi connectivity index (χ4v) is 3.79. The van der Waals surface area contributed by atoms with Gasteiger partial charge in [-0.15, -0.1) is 11.3 Å². The SMILES string of the molecule is CCOC(=O)c1c(C)[nH]c(C(=O)COC(=O)c2cc(C)c(CC)s2)c1C. The molecule has 0 saturated heterocycles. The zero-order valence-electron chi connectivity index (χ0n) is 15.6. The van der Waals surface area contributed by atoms with Crippen molar-refractivity contribution in [3.05, 3.63) is 43.9 Å². The number of hydrogen-bond donors (Lipinski definition) is 1. The summed E-state index contributed by atoms with van der Waals surface area (Å²) in [6.07, 6.45) is 0.848. The van der Waals surface area contributed by atoms with E-state index in [0.29, 0.717) is 21.7 Å². The number of esters is 2. The zero-order valence-corrected chi connectivity index (χ0v) is 16.5. The van der Waals surface area contributed by atoms with E-state index in [-0.39, 0.29) is 18.9 Å². The monoisotopic (exact) mass is 377 g/mol. The highest BCUT2D eigenvalue weighted by atomic mass is 32.1. The number of aryl methyl sites for hydroxylation is 3. The Morgan fingerprint density at radius 3 is 2.35 bits per heavy atom. The fraction of sp³-hybridized carbons (Fsp3) is 0.421. The molecule has 0 amide bonds. The molecule has 0 unspecified atom stereocenters. The summed E-state index contributed by atoms with van der Waals surface area (Å²) in [6.45, 7) is 8.92. The molecular formula is C19H23NO5S. The van der Waals surface area contributed by atoms with E-state index in [1.165, 1.54) is 11.3 Å². The topological polar surface area (TPSA) is 85.5 Å². The Kier molecular flexibility index (Phi) is 6.37. The van der Waals surface area contributed by atoms with Crippen LogP contribution in [0.25, 0.3) is 0 Å². The fourth-order valence-electron chi connectivity index (χ4n) is 2.78. The lowest BCUT2D eigenvalue weighted by Gasteiger charge is -2.04. The number of thiophene rings is 1. The minimum atomic E-state index is -0.516. The highest BCUT2D eigenvalue weighted by molar-refractivity contribution is 7.14. The third-order valence-electron chi connectivity index (χ3n) is 4.07. The van der Waals surface area contributed by atoms with Gasteiger partial charge in [0.05, 0.1) is 17.9 Å². The number of ether oxygens (including phenoxy) is 2. The highest BCUT2D eigenvalue weighted by Gasteiger charge is 2.24. The molecule has 0 radical (unpaired) electrons. The average molecular weight is 377 g/mol. The average Bonchev–Trinajstić information content (AvgIpc) is 3.12. The van der Waals surface area contributed by atoms with Crippen molar-refractivity contribution in [1.82, 2.24) is 4.98 Å². The Labute approximate surface area is 156 Å². The van der Waals surface area contributed by atoms with Gasteiger partial charge in [0.1, 0.15) is 4.88 Å². The maximum atomic E-state index is 12.4. The Bertz CT molecular complexity index is 846. The summed E-state index contributed by atoms with van der Waals surface area (Å²) in [4.78, 5) is 41.1.